The molecule has 0 bridgehead atoms. The predicted molar refractivity (Wildman–Crippen MR) is 131 cm³/mol. The third-order valence-electron chi connectivity index (χ3n) is 5.15. The number of carbonyl (C=O) groups excluding carboxylic acids is 2. The number of nitrogens with zero attached hydrogens (tertiary/aromatic N) is 1. The lowest BCUT2D eigenvalue weighted by molar-refractivity contribution is -0.137. The number of benzene rings is 3. The van der Waals surface area contributed by atoms with Crippen LogP contribution in [0.1, 0.15) is 18.4 Å². The molecule has 0 unspecified atom stereocenters. The molecular formula is C24H20N2O4S2. The number of rotatable bonds is 7. The van der Waals surface area contributed by atoms with Crippen molar-refractivity contribution in [3.05, 3.63) is 65.1 Å². The van der Waals surface area contributed by atoms with Crippen molar-refractivity contribution in [3.63, 3.8) is 0 Å². The van der Waals surface area contributed by atoms with Crippen LogP contribution in [0.3, 0.4) is 0 Å². The normalized spacial score (nSPS) is 15.1. The molecule has 1 heterocycles. The van der Waals surface area contributed by atoms with Crippen molar-refractivity contribution in [1.29, 1.82) is 0 Å². The van der Waals surface area contributed by atoms with Gasteiger partial charge in [-0.1, -0.05) is 72.5 Å². The molecule has 6 nitrogen and oxygen atoms in total. The second-order valence-corrected chi connectivity index (χ2v) is 9.02. The highest BCUT2D eigenvalue weighted by Gasteiger charge is 2.33. The molecule has 0 aromatic heterocycles. The molecular weight excluding hydrogens is 444 g/mol. The summed E-state index contributed by atoms with van der Waals surface area (Å²) in [6, 6.07) is 18.2. The average molecular weight is 465 g/mol. The Kier molecular flexibility index (Phi) is 6.53. The van der Waals surface area contributed by atoms with E-state index in [4.69, 9.17) is 17.3 Å². The van der Waals surface area contributed by atoms with Gasteiger partial charge in [-0.05, 0) is 45.7 Å². The Balaban J connectivity index is 1.59. The van der Waals surface area contributed by atoms with Crippen LogP contribution in [-0.4, -0.2) is 45.2 Å². The Morgan fingerprint density at radius 1 is 1.06 bits per heavy atom. The standard InChI is InChI=1S/C24H20N2O4S2/c27-21(25-11-5-10-22(28)29)14-26-23(30)20(32-24(26)31)13-19-17-8-3-1-6-15(17)12-16-7-2-4-9-18(16)19/h1-4,6-9,12-13H,5,10-11,14H2,(H,25,27)(H,28,29)/b20-13-. The maximum atomic E-state index is 13.0. The van der Waals surface area contributed by atoms with Gasteiger partial charge in [-0.3, -0.25) is 19.3 Å². The van der Waals surface area contributed by atoms with Crippen molar-refractivity contribution < 1.29 is 19.5 Å². The number of thioether (sulfide) groups is 1. The third kappa shape index (κ3) is 4.66. The van der Waals surface area contributed by atoms with E-state index in [0.29, 0.717) is 15.6 Å². The minimum atomic E-state index is -0.915. The number of carboxylic acid groups (broad SMARTS) is 1. The highest BCUT2D eigenvalue weighted by Crippen LogP contribution is 2.36. The SMILES string of the molecule is O=C(O)CCCNC(=O)CN1C(=O)/C(=C/c2c3ccccc3cc3ccccc23)SC1=S. The molecule has 162 valence electrons. The number of hydrogen-bond acceptors (Lipinski definition) is 5. The summed E-state index contributed by atoms with van der Waals surface area (Å²) in [5.41, 5.74) is 0.942. The zero-order valence-electron chi connectivity index (χ0n) is 17.0. The summed E-state index contributed by atoms with van der Waals surface area (Å²) in [6.45, 7) is 0.0448. The number of amides is 2. The minimum Gasteiger partial charge on any atom is -0.481 e. The fraction of sp³-hybridized carbons (Fsp3) is 0.167. The molecule has 8 heteroatoms. The number of carboxylic acids is 1. The van der Waals surface area contributed by atoms with Gasteiger partial charge in [0.15, 0.2) is 0 Å². The number of carbonyl (C=O) groups is 3. The number of thiocarbonyl (C=S) groups is 1. The van der Waals surface area contributed by atoms with Crippen molar-refractivity contribution in [2.24, 2.45) is 0 Å². The summed E-state index contributed by atoms with van der Waals surface area (Å²) in [7, 11) is 0. The van der Waals surface area contributed by atoms with Crippen LogP contribution in [0.25, 0.3) is 27.6 Å². The Labute approximate surface area is 194 Å². The lowest BCUT2D eigenvalue weighted by Crippen LogP contribution is -2.39. The molecule has 0 spiro atoms. The van der Waals surface area contributed by atoms with Crippen molar-refractivity contribution in [2.45, 2.75) is 12.8 Å². The van der Waals surface area contributed by atoms with Crippen LogP contribution in [-0.2, 0) is 14.4 Å². The van der Waals surface area contributed by atoms with Crippen molar-refractivity contribution in [1.82, 2.24) is 10.2 Å². The summed E-state index contributed by atoms with van der Waals surface area (Å²) in [5, 5.41) is 15.5. The van der Waals surface area contributed by atoms with Crippen LogP contribution in [0.15, 0.2) is 59.5 Å². The molecule has 1 aliphatic heterocycles. The molecule has 0 saturated carbocycles. The van der Waals surface area contributed by atoms with Gasteiger partial charge in [0.2, 0.25) is 5.91 Å². The van der Waals surface area contributed by atoms with E-state index in [9.17, 15) is 14.4 Å². The lowest BCUT2D eigenvalue weighted by atomic mass is 9.96. The van der Waals surface area contributed by atoms with Crippen molar-refractivity contribution in [3.8, 4) is 0 Å². The van der Waals surface area contributed by atoms with Crippen molar-refractivity contribution >= 4 is 73.7 Å². The van der Waals surface area contributed by atoms with Crippen LogP contribution >= 0.6 is 24.0 Å². The first-order chi connectivity index (χ1) is 15.4. The molecule has 0 radical (unpaired) electrons. The molecule has 1 saturated heterocycles. The van der Waals surface area contributed by atoms with Crippen LogP contribution in [0.5, 0.6) is 0 Å². The molecule has 2 N–H and O–H groups in total. The van der Waals surface area contributed by atoms with E-state index in [1.54, 1.807) is 0 Å². The summed E-state index contributed by atoms with van der Waals surface area (Å²) in [6.07, 6.45) is 2.16. The number of hydrogen-bond donors (Lipinski definition) is 2. The molecule has 32 heavy (non-hydrogen) atoms. The van der Waals surface area contributed by atoms with Crippen LogP contribution in [0, 0.1) is 0 Å². The third-order valence-corrected chi connectivity index (χ3v) is 6.53. The maximum Gasteiger partial charge on any atom is 0.303 e. The molecule has 1 fully saturated rings. The fourth-order valence-electron chi connectivity index (χ4n) is 3.64. The number of aliphatic carboxylic acids is 1. The first-order valence-corrected chi connectivity index (χ1v) is 11.3. The second kappa shape index (κ2) is 9.50. The quantitative estimate of drug-likeness (QED) is 0.236. The maximum absolute atomic E-state index is 13.0. The van der Waals surface area contributed by atoms with E-state index >= 15 is 0 Å². The predicted octanol–water partition coefficient (Wildman–Crippen LogP) is 4.18. The van der Waals surface area contributed by atoms with Gasteiger partial charge in [-0.15, -0.1) is 0 Å². The van der Waals surface area contributed by atoms with E-state index in [2.05, 4.69) is 11.4 Å². The summed E-state index contributed by atoms with van der Waals surface area (Å²) in [5.74, 6) is -1.59. The first-order valence-electron chi connectivity index (χ1n) is 10.1. The lowest BCUT2D eigenvalue weighted by Gasteiger charge is -2.14. The number of nitrogens with one attached hydrogen (secondary N) is 1. The van der Waals surface area contributed by atoms with E-state index < -0.39 is 5.97 Å². The minimum absolute atomic E-state index is 0.0247. The van der Waals surface area contributed by atoms with E-state index in [-0.39, 0.29) is 31.3 Å². The van der Waals surface area contributed by atoms with Crippen molar-refractivity contribution in [2.75, 3.05) is 13.1 Å². The largest absolute Gasteiger partial charge is 0.481 e. The van der Waals surface area contributed by atoms with E-state index in [1.807, 2.05) is 54.6 Å². The zero-order valence-corrected chi connectivity index (χ0v) is 18.7. The second-order valence-electron chi connectivity index (χ2n) is 7.35. The van der Waals surface area contributed by atoms with Gasteiger partial charge >= 0.3 is 5.97 Å². The first kappa shape index (κ1) is 22.0. The molecule has 3 aromatic carbocycles. The average Bonchev–Trinajstić information content (AvgIpc) is 3.03. The van der Waals surface area contributed by atoms with Gasteiger partial charge in [-0.2, -0.15) is 0 Å². The summed E-state index contributed by atoms with van der Waals surface area (Å²) in [4.78, 5) is 37.6. The zero-order chi connectivity index (χ0) is 22.7. The van der Waals surface area contributed by atoms with Gasteiger partial charge < -0.3 is 10.4 Å². The fourth-order valence-corrected chi connectivity index (χ4v) is 4.88. The van der Waals surface area contributed by atoms with Crippen LogP contribution in [0.2, 0.25) is 0 Å². The van der Waals surface area contributed by atoms with Crippen LogP contribution < -0.4 is 5.32 Å². The van der Waals surface area contributed by atoms with Crippen LogP contribution in [0.4, 0.5) is 0 Å². The van der Waals surface area contributed by atoms with Gasteiger partial charge in [-0.25, -0.2) is 0 Å². The Bertz CT molecular complexity index is 1230. The number of fused-ring (bicyclic) bond motifs is 2. The highest BCUT2D eigenvalue weighted by atomic mass is 32.2. The van der Waals surface area contributed by atoms with E-state index in [0.717, 1.165) is 27.1 Å². The smallest absolute Gasteiger partial charge is 0.303 e. The van der Waals surface area contributed by atoms with E-state index in [1.165, 1.54) is 16.7 Å². The van der Waals surface area contributed by atoms with Gasteiger partial charge in [0.25, 0.3) is 5.91 Å². The molecule has 2 amide bonds. The Morgan fingerprint density at radius 3 is 2.31 bits per heavy atom. The molecule has 3 aromatic rings. The molecule has 0 aliphatic carbocycles. The Hall–Kier alpha value is -3.23. The summed E-state index contributed by atoms with van der Waals surface area (Å²) < 4.78 is 0.325. The molecule has 1 aliphatic rings. The molecule has 0 atom stereocenters. The van der Waals surface area contributed by atoms with Gasteiger partial charge in [0.05, 0.1) is 4.91 Å². The topological polar surface area (TPSA) is 86.7 Å². The summed E-state index contributed by atoms with van der Waals surface area (Å²) >= 11 is 6.54. The Morgan fingerprint density at radius 2 is 1.69 bits per heavy atom. The van der Waals surface area contributed by atoms with Gasteiger partial charge in [0.1, 0.15) is 10.9 Å². The molecule has 4 rings (SSSR count). The monoisotopic (exact) mass is 464 g/mol. The van der Waals surface area contributed by atoms with Gasteiger partial charge in [0, 0.05) is 13.0 Å². The highest BCUT2D eigenvalue weighted by molar-refractivity contribution is 8.26.